The Labute approximate surface area is 113 Å². The Morgan fingerprint density at radius 1 is 1.24 bits per heavy atom. The molecule has 2 rings (SSSR count). The maximum absolute atomic E-state index is 6.16. The van der Waals surface area contributed by atoms with Crippen LogP contribution in [0.3, 0.4) is 0 Å². The molecule has 0 unspecified atom stereocenters. The molecule has 1 aliphatic carbocycles. The molecule has 0 spiro atoms. The fourth-order valence-corrected chi connectivity index (χ4v) is 3.42. The molecule has 17 heavy (non-hydrogen) atoms. The Morgan fingerprint density at radius 3 is 2.47 bits per heavy atom. The molecule has 0 amide bonds. The standard InChI is InChI=1S/C14H19BrOSi/c1-9-8-12-11(10(2)14(9)15)6-7-13(12)16-17(3,4)5/h7-8H,6H2,1-5H3. The second kappa shape index (κ2) is 4.29. The monoisotopic (exact) mass is 310 g/mol. The molecule has 1 aliphatic rings. The lowest BCUT2D eigenvalue weighted by Gasteiger charge is -2.21. The third-order valence-electron chi connectivity index (χ3n) is 2.99. The minimum Gasteiger partial charge on any atom is -0.544 e. The van der Waals surface area contributed by atoms with Crippen molar-refractivity contribution in [2.24, 2.45) is 0 Å². The van der Waals surface area contributed by atoms with Gasteiger partial charge in [0.25, 0.3) is 0 Å². The summed E-state index contributed by atoms with van der Waals surface area (Å²) < 4.78 is 7.39. The van der Waals surface area contributed by atoms with E-state index in [1.807, 2.05) is 0 Å². The molecule has 0 aromatic heterocycles. The Morgan fingerprint density at radius 2 is 1.88 bits per heavy atom. The Balaban J connectivity index is 2.44. The fraction of sp³-hybridized carbons (Fsp3) is 0.429. The summed E-state index contributed by atoms with van der Waals surface area (Å²) in [6.45, 7) is 11.0. The van der Waals surface area contributed by atoms with Crippen molar-refractivity contribution in [3.8, 4) is 0 Å². The van der Waals surface area contributed by atoms with E-state index in [9.17, 15) is 0 Å². The number of hydrogen-bond acceptors (Lipinski definition) is 1. The van der Waals surface area contributed by atoms with Crippen LogP contribution in [0, 0.1) is 13.8 Å². The van der Waals surface area contributed by atoms with Crippen molar-refractivity contribution in [1.29, 1.82) is 0 Å². The minimum absolute atomic E-state index is 1.000. The largest absolute Gasteiger partial charge is 0.544 e. The summed E-state index contributed by atoms with van der Waals surface area (Å²) in [5.74, 6) is 1.10. The van der Waals surface area contributed by atoms with E-state index in [4.69, 9.17) is 4.43 Å². The van der Waals surface area contributed by atoms with Gasteiger partial charge in [-0.05, 0) is 68.7 Å². The zero-order valence-electron chi connectivity index (χ0n) is 11.1. The topological polar surface area (TPSA) is 9.23 Å². The summed E-state index contributed by atoms with van der Waals surface area (Å²) in [5, 5.41) is 0. The third-order valence-corrected chi connectivity index (χ3v) is 5.04. The van der Waals surface area contributed by atoms with Gasteiger partial charge in [0.15, 0.2) is 0 Å². The molecule has 0 heterocycles. The first kappa shape index (κ1) is 12.9. The van der Waals surface area contributed by atoms with Crippen molar-refractivity contribution in [3.05, 3.63) is 38.9 Å². The highest BCUT2D eigenvalue weighted by molar-refractivity contribution is 9.10. The molecule has 1 nitrogen and oxygen atoms in total. The van der Waals surface area contributed by atoms with Crippen LogP contribution in [0.25, 0.3) is 5.76 Å². The van der Waals surface area contributed by atoms with Crippen LogP contribution in [0.2, 0.25) is 19.6 Å². The molecule has 92 valence electrons. The van der Waals surface area contributed by atoms with Gasteiger partial charge >= 0.3 is 0 Å². The molecule has 0 atom stereocenters. The van der Waals surface area contributed by atoms with Gasteiger partial charge < -0.3 is 4.43 Å². The number of benzene rings is 1. The van der Waals surface area contributed by atoms with Crippen LogP contribution in [0.4, 0.5) is 0 Å². The molecular weight excluding hydrogens is 292 g/mol. The van der Waals surface area contributed by atoms with Gasteiger partial charge in [-0.25, -0.2) is 0 Å². The van der Waals surface area contributed by atoms with Crippen molar-refractivity contribution in [2.45, 2.75) is 39.9 Å². The van der Waals surface area contributed by atoms with Crippen LogP contribution in [-0.4, -0.2) is 8.32 Å². The maximum atomic E-state index is 6.16. The molecule has 3 heteroatoms. The molecule has 0 aliphatic heterocycles. The van der Waals surface area contributed by atoms with E-state index in [1.54, 1.807) is 0 Å². The zero-order chi connectivity index (χ0) is 12.8. The lowest BCUT2D eigenvalue weighted by molar-refractivity contribution is 0.515. The number of halogens is 1. The first-order valence-corrected chi connectivity index (χ1v) is 10.2. The average molecular weight is 311 g/mol. The fourth-order valence-electron chi connectivity index (χ4n) is 2.21. The summed E-state index contributed by atoms with van der Waals surface area (Å²) in [6, 6.07) is 2.24. The molecule has 0 radical (unpaired) electrons. The maximum Gasteiger partial charge on any atom is 0.242 e. The summed E-state index contributed by atoms with van der Waals surface area (Å²) in [4.78, 5) is 0. The average Bonchev–Trinajstić information content (AvgIpc) is 2.56. The van der Waals surface area contributed by atoms with Gasteiger partial charge in [-0.3, -0.25) is 0 Å². The molecule has 0 bridgehead atoms. The van der Waals surface area contributed by atoms with E-state index in [1.165, 1.54) is 26.7 Å². The van der Waals surface area contributed by atoms with Crippen LogP contribution in [-0.2, 0) is 10.8 Å². The number of rotatable bonds is 2. The van der Waals surface area contributed by atoms with Crippen molar-refractivity contribution in [1.82, 2.24) is 0 Å². The first-order chi connectivity index (χ1) is 7.79. The number of hydrogen-bond donors (Lipinski definition) is 0. The smallest absolute Gasteiger partial charge is 0.242 e. The summed E-state index contributed by atoms with van der Waals surface area (Å²) >= 11 is 3.66. The SMILES string of the molecule is Cc1cc2c(c(C)c1Br)CC=C2O[Si](C)(C)C. The zero-order valence-corrected chi connectivity index (χ0v) is 13.7. The molecule has 0 fully saturated rings. The van der Waals surface area contributed by atoms with Gasteiger partial charge in [-0.15, -0.1) is 0 Å². The highest BCUT2D eigenvalue weighted by Crippen LogP contribution is 2.37. The minimum atomic E-state index is -1.52. The lowest BCUT2D eigenvalue weighted by Crippen LogP contribution is -2.24. The lowest BCUT2D eigenvalue weighted by atomic mass is 10.0. The van der Waals surface area contributed by atoms with Crippen molar-refractivity contribution < 1.29 is 4.43 Å². The van der Waals surface area contributed by atoms with Crippen LogP contribution in [0.15, 0.2) is 16.6 Å². The van der Waals surface area contributed by atoms with Gasteiger partial charge in [0, 0.05) is 10.0 Å². The predicted octanol–water partition coefficient (Wildman–Crippen LogP) is 4.81. The van der Waals surface area contributed by atoms with E-state index in [2.05, 4.69) is 61.6 Å². The van der Waals surface area contributed by atoms with Crippen LogP contribution in [0.1, 0.15) is 22.3 Å². The normalized spacial score (nSPS) is 14.6. The van der Waals surface area contributed by atoms with Crippen LogP contribution in [0.5, 0.6) is 0 Å². The molecule has 0 saturated heterocycles. The van der Waals surface area contributed by atoms with E-state index >= 15 is 0 Å². The van der Waals surface area contributed by atoms with E-state index in [0.29, 0.717) is 0 Å². The third kappa shape index (κ3) is 2.50. The number of allylic oxidation sites excluding steroid dienone is 1. The van der Waals surface area contributed by atoms with Gasteiger partial charge in [0.05, 0.1) is 0 Å². The van der Waals surface area contributed by atoms with Crippen LogP contribution < -0.4 is 0 Å². The van der Waals surface area contributed by atoms with Gasteiger partial charge in [-0.1, -0.05) is 15.9 Å². The Bertz CT molecular complexity index is 498. The van der Waals surface area contributed by atoms with Gasteiger partial charge in [0.1, 0.15) is 5.76 Å². The van der Waals surface area contributed by atoms with E-state index < -0.39 is 8.32 Å². The summed E-state index contributed by atoms with van der Waals surface area (Å²) in [6.07, 6.45) is 3.22. The molecule has 0 N–H and O–H groups in total. The second-order valence-corrected chi connectivity index (χ2v) is 10.9. The Hall–Kier alpha value is -0.543. The molecule has 1 aromatic rings. The van der Waals surface area contributed by atoms with Gasteiger partial charge in [-0.2, -0.15) is 0 Å². The van der Waals surface area contributed by atoms with E-state index in [0.717, 1.165) is 12.2 Å². The van der Waals surface area contributed by atoms with Crippen LogP contribution >= 0.6 is 15.9 Å². The number of fused-ring (bicyclic) bond motifs is 1. The second-order valence-electron chi connectivity index (χ2n) is 5.65. The van der Waals surface area contributed by atoms with Crippen molar-refractivity contribution in [3.63, 3.8) is 0 Å². The predicted molar refractivity (Wildman–Crippen MR) is 79.7 cm³/mol. The highest BCUT2D eigenvalue weighted by atomic mass is 79.9. The molecule has 1 aromatic carbocycles. The first-order valence-electron chi connectivity index (χ1n) is 5.98. The van der Waals surface area contributed by atoms with Crippen molar-refractivity contribution >= 4 is 30.0 Å². The molecule has 0 saturated carbocycles. The van der Waals surface area contributed by atoms with E-state index in [-0.39, 0.29) is 0 Å². The number of aryl methyl sites for hydroxylation is 1. The summed E-state index contributed by atoms with van der Waals surface area (Å²) in [7, 11) is -1.52. The molecular formula is C14H19BrOSi. The van der Waals surface area contributed by atoms with Crippen molar-refractivity contribution in [2.75, 3.05) is 0 Å². The van der Waals surface area contributed by atoms with Gasteiger partial charge in [0.2, 0.25) is 8.32 Å². The summed E-state index contributed by atoms with van der Waals surface area (Å²) in [5.41, 5.74) is 5.35. The highest BCUT2D eigenvalue weighted by Gasteiger charge is 2.24. The Kier molecular flexibility index (Phi) is 3.25. The quantitative estimate of drug-likeness (QED) is 0.712.